The summed E-state index contributed by atoms with van der Waals surface area (Å²) < 4.78 is 39.9. The molecule has 3 rings (SSSR count). The van der Waals surface area contributed by atoms with Crippen LogP contribution in [0.1, 0.15) is 61.9 Å². The second-order valence-corrected chi connectivity index (χ2v) is 8.25. The Hall–Kier alpha value is -2.84. The molecule has 0 radical (unpaired) electrons. The van der Waals surface area contributed by atoms with E-state index in [2.05, 4.69) is 4.98 Å². The Morgan fingerprint density at radius 3 is 2.30 bits per heavy atom. The number of carbonyl (C=O) groups excluding carboxylic acids is 1. The predicted molar refractivity (Wildman–Crippen MR) is 123 cm³/mol. The lowest BCUT2D eigenvalue weighted by Crippen LogP contribution is -2.23. The summed E-state index contributed by atoms with van der Waals surface area (Å²) in [4.78, 5) is 17.1. The van der Waals surface area contributed by atoms with Gasteiger partial charge in [-0.15, -0.1) is 0 Å². The van der Waals surface area contributed by atoms with Crippen LogP contribution in [0.4, 0.5) is 8.78 Å². The Morgan fingerprint density at radius 2 is 1.73 bits per heavy atom. The molecule has 0 aliphatic rings. The third kappa shape index (κ3) is 6.58. The third-order valence-electron chi connectivity index (χ3n) is 4.74. The zero-order valence-corrected chi connectivity index (χ0v) is 20.0. The van der Waals surface area contributed by atoms with Crippen molar-refractivity contribution in [2.24, 2.45) is 0 Å². The van der Waals surface area contributed by atoms with Crippen LogP contribution in [0.25, 0.3) is 11.0 Å². The molecule has 3 aromatic rings. The molecule has 0 saturated carbocycles. The van der Waals surface area contributed by atoms with E-state index in [4.69, 9.17) is 9.47 Å². The number of nitrogens with zero attached hydrogens (tertiary/aromatic N) is 2. The van der Waals surface area contributed by atoms with Crippen molar-refractivity contribution in [1.82, 2.24) is 9.55 Å². The number of benzene rings is 2. The Morgan fingerprint density at radius 1 is 1.09 bits per heavy atom. The maximum Gasteiger partial charge on any atom is 0.338 e. The van der Waals surface area contributed by atoms with E-state index in [1.165, 1.54) is 0 Å². The Kier molecular flexibility index (Phi) is 9.07. The largest absolute Gasteiger partial charge is 0.456 e. The summed E-state index contributed by atoms with van der Waals surface area (Å²) in [6.07, 6.45) is 0.174. The lowest BCUT2D eigenvalue weighted by Gasteiger charge is -2.19. The number of aromatic nitrogens is 2. The molecule has 33 heavy (non-hydrogen) atoms. The van der Waals surface area contributed by atoms with Gasteiger partial charge in [0.2, 0.25) is 0 Å². The van der Waals surface area contributed by atoms with Crippen molar-refractivity contribution in [1.29, 1.82) is 0 Å². The van der Waals surface area contributed by atoms with Crippen LogP contribution in [0.5, 0.6) is 0 Å². The normalized spacial score (nSPS) is 11.3. The number of aliphatic hydroxyl groups is 1. The summed E-state index contributed by atoms with van der Waals surface area (Å²) in [6, 6.07) is 7.14. The summed E-state index contributed by atoms with van der Waals surface area (Å²) in [6.45, 7) is 9.80. The van der Waals surface area contributed by atoms with Gasteiger partial charge in [-0.1, -0.05) is 13.8 Å². The van der Waals surface area contributed by atoms with Gasteiger partial charge in [-0.05, 0) is 62.2 Å². The van der Waals surface area contributed by atoms with Crippen molar-refractivity contribution in [3.63, 3.8) is 0 Å². The van der Waals surface area contributed by atoms with Gasteiger partial charge in [0.1, 0.15) is 11.4 Å². The number of halogens is 2. The summed E-state index contributed by atoms with van der Waals surface area (Å²) in [5.74, 6) is -1.87. The lowest BCUT2D eigenvalue weighted by molar-refractivity contribution is 0.00696. The smallest absolute Gasteiger partial charge is 0.338 e. The van der Waals surface area contributed by atoms with Crippen molar-refractivity contribution in [3.05, 3.63) is 64.5 Å². The fourth-order valence-corrected chi connectivity index (χ4v) is 3.31. The number of rotatable bonds is 7. The molecule has 0 aliphatic carbocycles. The van der Waals surface area contributed by atoms with Gasteiger partial charge in [0.25, 0.3) is 0 Å². The molecule has 0 unspecified atom stereocenters. The molecule has 1 aromatic heterocycles. The zero-order valence-electron chi connectivity index (χ0n) is 20.0. The first-order chi connectivity index (χ1) is 15.6. The number of methoxy groups -OCH3 is 1. The second-order valence-electron chi connectivity index (χ2n) is 8.25. The molecule has 8 heteroatoms. The first-order valence-electron chi connectivity index (χ1n) is 10.9. The molecule has 0 atom stereocenters. The molecule has 0 fully saturated rings. The molecule has 0 amide bonds. The molecular formula is C25H32F2N2O4. The number of carbonyl (C=O) groups is 1. The van der Waals surface area contributed by atoms with E-state index in [0.29, 0.717) is 46.7 Å². The number of esters is 1. The number of imidazole rings is 1. The first kappa shape index (κ1) is 26.4. The monoisotopic (exact) mass is 462 g/mol. The SMILES string of the molecule is CC.COCCn1c(Cc2cc(F)c(F)cc2CO)nc2ccc(C(=O)OC(C)(C)C)cc21. The van der Waals surface area contributed by atoms with E-state index in [1.807, 2.05) is 18.4 Å². The highest BCUT2D eigenvalue weighted by Crippen LogP contribution is 2.24. The average molecular weight is 463 g/mol. The fourth-order valence-electron chi connectivity index (χ4n) is 3.31. The minimum atomic E-state index is -1.01. The van der Waals surface area contributed by atoms with Gasteiger partial charge in [-0.2, -0.15) is 0 Å². The first-order valence-corrected chi connectivity index (χ1v) is 10.9. The van der Waals surface area contributed by atoms with Gasteiger partial charge >= 0.3 is 5.97 Å². The molecular weight excluding hydrogens is 430 g/mol. The van der Waals surface area contributed by atoms with Crippen LogP contribution in [0, 0.1) is 11.6 Å². The van der Waals surface area contributed by atoms with Gasteiger partial charge in [0.05, 0.1) is 29.8 Å². The van der Waals surface area contributed by atoms with Gasteiger partial charge in [-0.25, -0.2) is 18.6 Å². The van der Waals surface area contributed by atoms with Crippen LogP contribution in [0.2, 0.25) is 0 Å². The van der Waals surface area contributed by atoms with Crippen LogP contribution in [0.3, 0.4) is 0 Å². The standard InChI is InChI=1S/C23H26F2N2O4.C2H6/c1-23(2,3)31-22(29)14-5-6-19-20(11-14)27(7-8-30-4)21(26-19)12-15-9-17(24)18(25)10-16(15)13-28;1-2/h5-6,9-11,28H,7-8,12-13H2,1-4H3;1-2H3. The number of ether oxygens (including phenoxy) is 2. The highest BCUT2D eigenvalue weighted by Gasteiger charge is 2.20. The van der Waals surface area contributed by atoms with Crippen molar-refractivity contribution < 1.29 is 28.2 Å². The van der Waals surface area contributed by atoms with Gasteiger partial charge in [0.15, 0.2) is 11.6 Å². The zero-order chi connectivity index (χ0) is 24.8. The number of fused-ring (bicyclic) bond motifs is 1. The fraction of sp³-hybridized carbons (Fsp3) is 0.440. The summed E-state index contributed by atoms with van der Waals surface area (Å²) in [5.41, 5.74) is 1.83. The molecule has 0 aliphatic heterocycles. The van der Waals surface area contributed by atoms with Crippen LogP contribution < -0.4 is 0 Å². The van der Waals surface area contributed by atoms with Crippen molar-refractivity contribution in [3.8, 4) is 0 Å². The van der Waals surface area contributed by atoms with E-state index in [1.54, 1.807) is 46.1 Å². The molecule has 1 N–H and O–H groups in total. The molecule has 2 aromatic carbocycles. The van der Waals surface area contributed by atoms with E-state index in [9.17, 15) is 18.7 Å². The van der Waals surface area contributed by atoms with E-state index >= 15 is 0 Å². The lowest BCUT2D eigenvalue weighted by atomic mass is 10.0. The van der Waals surface area contributed by atoms with E-state index < -0.39 is 29.8 Å². The molecule has 6 nitrogen and oxygen atoms in total. The van der Waals surface area contributed by atoms with E-state index in [-0.39, 0.29) is 6.42 Å². The molecule has 0 bridgehead atoms. The van der Waals surface area contributed by atoms with E-state index in [0.717, 1.165) is 12.1 Å². The quantitative estimate of drug-likeness (QED) is 0.499. The Labute approximate surface area is 193 Å². The molecule has 0 spiro atoms. The average Bonchev–Trinajstić information content (AvgIpc) is 3.10. The van der Waals surface area contributed by atoms with Crippen molar-refractivity contribution in [2.75, 3.05) is 13.7 Å². The minimum Gasteiger partial charge on any atom is -0.456 e. The van der Waals surface area contributed by atoms with Gasteiger partial charge in [-0.3, -0.25) is 0 Å². The number of hydrogen-bond acceptors (Lipinski definition) is 5. The van der Waals surface area contributed by atoms with Crippen LogP contribution in [-0.4, -0.2) is 39.9 Å². The summed E-state index contributed by atoms with van der Waals surface area (Å²) >= 11 is 0. The number of hydrogen-bond donors (Lipinski definition) is 1. The molecule has 180 valence electrons. The van der Waals surface area contributed by atoms with Gasteiger partial charge < -0.3 is 19.1 Å². The maximum absolute atomic E-state index is 13.8. The van der Waals surface area contributed by atoms with Crippen LogP contribution in [-0.2, 0) is 29.0 Å². The van der Waals surface area contributed by atoms with Crippen molar-refractivity contribution in [2.45, 2.75) is 59.8 Å². The van der Waals surface area contributed by atoms with Gasteiger partial charge in [0, 0.05) is 20.1 Å². The second kappa shape index (κ2) is 11.3. The Bertz CT molecular complexity index is 1100. The highest BCUT2D eigenvalue weighted by atomic mass is 19.2. The summed E-state index contributed by atoms with van der Waals surface area (Å²) in [5, 5.41) is 9.56. The number of aliphatic hydroxyl groups excluding tert-OH is 1. The minimum absolute atomic E-state index is 0.174. The van der Waals surface area contributed by atoms with Crippen molar-refractivity contribution >= 4 is 17.0 Å². The molecule has 0 saturated heterocycles. The molecule has 1 heterocycles. The maximum atomic E-state index is 13.8. The predicted octanol–water partition coefficient (Wildman–Crippen LogP) is 5.03. The Balaban J connectivity index is 0.00000187. The highest BCUT2D eigenvalue weighted by molar-refractivity contribution is 5.94. The summed E-state index contributed by atoms with van der Waals surface area (Å²) in [7, 11) is 1.57. The topological polar surface area (TPSA) is 73.6 Å². The van der Waals surface area contributed by atoms with Crippen LogP contribution >= 0.6 is 0 Å². The third-order valence-corrected chi connectivity index (χ3v) is 4.74. The van der Waals surface area contributed by atoms with Crippen LogP contribution in [0.15, 0.2) is 30.3 Å².